The van der Waals surface area contributed by atoms with Gasteiger partial charge in [-0.2, -0.15) is 0 Å². The summed E-state index contributed by atoms with van der Waals surface area (Å²) in [4.78, 5) is 4.13. The van der Waals surface area contributed by atoms with E-state index in [4.69, 9.17) is 0 Å². The van der Waals surface area contributed by atoms with Crippen molar-refractivity contribution in [1.29, 1.82) is 0 Å². The van der Waals surface area contributed by atoms with Crippen molar-refractivity contribution in [3.63, 3.8) is 0 Å². The zero-order valence-corrected chi connectivity index (χ0v) is 6.76. The fraction of sp³-hybridized carbons (Fsp3) is 0.625. The molecule has 54 valence electrons. The second-order valence-electron chi connectivity index (χ2n) is 2.75. The first-order chi connectivity index (χ1) is 4.70. The zero-order valence-electron chi connectivity index (χ0n) is 6.76. The fourth-order valence-corrected chi connectivity index (χ4v) is 0.908. The van der Waals surface area contributed by atoms with Crippen molar-refractivity contribution in [1.82, 2.24) is 4.67 Å². The molecule has 0 aromatic heterocycles. The van der Waals surface area contributed by atoms with Crippen LogP contribution < -0.4 is 4.67 Å². The van der Waals surface area contributed by atoms with Gasteiger partial charge in [-0.1, -0.05) is 6.92 Å². The second-order valence-corrected chi connectivity index (χ2v) is 2.75. The minimum atomic E-state index is 0.557. The molecule has 10 heavy (non-hydrogen) atoms. The van der Waals surface area contributed by atoms with E-state index < -0.39 is 0 Å². The molecule has 0 aromatic carbocycles. The van der Waals surface area contributed by atoms with Crippen LogP contribution in [0, 0.1) is 5.92 Å². The minimum Gasteiger partial charge on any atom is -0.214 e. The maximum atomic E-state index is 4.29. The van der Waals surface area contributed by atoms with Crippen LogP contribution in [0.5, 0.6) is 0 Å². The maximum Gasteiger partial charge on any atom is 0.386 e. The molecule has 0 bridgehead atoms. The van der Waals surface area contributed by atoms with Gasteiger partial charge in [0.25, 0.3) is 0 Å². The van der Waals surface area contributed by atoms with Crippen LogP contribution in [0.25, 0.3) is 0 Å². The van der Waals surface area contributed by atoms with E-state index in [1.54, 1.807) is 0 Å². The first-order valence-corrected chi connectivity index (χ1v) is 3.61. The highest BCUT2D eigenvalue weighted by Crippen LogP contribution is 2.01. The molecule has 0 saturated carbocycles. The van der Waals surface area contributed by atoms with E-state index >= 15 is 0 Å². The molecule has 0 aliphatic carbocycles. The maximum absolute atomic E-state index is 4.29. The van der Waals surface area contributed by atoms with Crippen molar-refractivity contribution in [2.45, 2.75) is 27.2 Å². The van der Waals surface area contributed by atoms with E-state index in [1.807, 2.05) is 13.1 Å². The third kappa shape index (κ3) is 1.55. The normalized spacial score (nSPS) is 25.3. The standard InChI is InChI=1S/C8H13N2/c1-6-4-5-9-8(3)10-7(6)2/h5-6H,4H2,1-3H3/q+1. The molecule has 2 nitrogen and oxygen atoms in total. The summed E-state index contributed by atoms with van der Waals surface area (Å²) in [7, 11) is 0. The Morgan fingerprint density at radius 2 is 2.30 bits per heavy atom. The molecule has 1 aliphatic rings. The lowest BCUT2D eigenvalue weighted by Gasteiger charge is -1.95. The summed E-state index contributed by atoms with van der Waals surface area (Å²) in [5.41, 5.74) is 1.19. The first kappa shape index (κ1) is 7.23. The van der Waals surface area contributed by atoms with E-state index in [9.17, 15) is 0 Å². The average Bonchev–Trinajstić information content (AvgIpc) is 1.96. The topological polar surface area (TPSA) is 26.5 Å². The van der Waals surface area contributed by atoms with Crippen molar-refractivity contribution in [2.75, 3.05) is 0 Å². The molecule has 1 atom stereocenters. The van der Waals surface area contributed by atoms with E-state index in [0.29, 0.717) is 5.92 Å². The summed E-state index contributed by atoms with van der Waals surface area (Å²) in [5, 5.41) is 0. The number of amidine groups is 1. The number of nitrogens with zero attached hydrogens (tertiary/aromatic N) is 2. The molecule has 0 amide bonds. The summed E-state index contributed by atoms with van der Waals surface area (Å²) in [5.74, 6) is 1.43. The van der Waals surface area contributed by atoms with Gasteiger partial charge in [-0.25, -0.2) is 4.67 Å². The predicted octanol–water partition coefficient (Wildman–Crippen LogP) is 1.04. The van der Waals surface area contributed by atoms with Crippen molar-refractivity contribution in [2.24, 2.45) is 10.9 Å². The molecule has 1 aliphatic heterocycles. The van der Waals surface area contributed by atoms with Gasteiger partial charge in [-0.15, -0.1) is 0 Å². The van der Waals surface area contributed by atoms with Crippen LogP contribution in [0.2, 0.25) is 0 Å². The van der Waals surface area contributed by atoms with Gasteiger partial charge in [0.15, 0.2) is 5.71 Å². The van der Waals surface area contributed by atoms with E-state index in [1.165, 1.54) is 5.71 Å². The average molecular weight is 137 g/mol. The highest BCUT2D eigenvalue weighted by atomic mass is 14.9. The summed E-state index contributed by atoms with van der Waals surface area (Å²) in [6.45, 7) is 6.16. The molecule has 0 aromatic rings. The summed E-state index contributed by atoms with van der Waals surface area (Å²) in [6, 6.07) is 0. The Morgan fingerprint density at radius 3 is 3.00 bits per heavy atom. The molecule has 0 spiro atoms. The molecular formula is C8H13N2+. The van der Waals surface area contributed by atoms with Gasteiger partial charge >= 0.3 is 5.84 Å². The Balaban J connectivity index is 3.00. The number of rotatable bonds is 0. The molecule has 1 heterocycles. The highest BCUT2D eigenvalue weighted by Gasteiger charge is 2.13. The van der Waals surface area contributed by atoms with Crippen LogP contribution >= 0.6 is 0 Å². The van der Waals surface area contributed by atoms with Gasteiger partial charge in [-0.3, -0.25) is 0 Å². The summed E-state index contributed by atoms with van der Waals surface area (Å²) < 4.78 is 4.29. The van der Waals surface area contributed by atoms with Crippen LogP contribution in [0.15, 0.2) is 4.99 Å². The van der Waals surface area contributed by atoms with Crippen LogP contribution in [-0.4, -0.2) is 17.8 Å². The van der Waals surface area contributed by atoms with E-state index in [-0.39, 0.29) is 0 Å². The van der Waals surface area contributed by atoms with Crippen molar-refractivity contribution in [3.8, 4) is 0 Å². The van der Waals surface area contributed by atoms with Crippen LogP contribution in [0.4, 0.5) is 0 Å². The molecule has 1 rings (SSSR count). The van der Waals surface area contributed by atoms with E-state index in [0.717, 1.165) is 12.3 Å². The quantitative estimate of drug-likeness (QED) is 0.446. The summed E-state index contributed by atoms with van der Waals surface area (Å²) >= 11 is 0. The molecule has 0 fully saturated rings. The van der Waals surface area contributed by atoms with Gasteiger partial charge in [0.05, 0.1) is 6.92 Å². The largest absolute Gasteiger partial charge is 0.386 e. The Kier molecular flexibility index (Phi) is 2.03. The van der Waals surface area contributed by atoms with Gasteiger partial charge < -0.3 is 0 Å². The van der Waals surface area contributed by atoms with E-state index in [2.05, 4.69) is 23.5 Å². The van der Waals surface area contributed by atoms with Crippen LogP contribution in [0.3, 0.4) is 0 Å². The predicted molar refractivity (Wildman–Crippen MR) is 45.8 cm³/mol. The van der Waals surface area contributed by atoms with Gasteiger partial charge in [-0.05, 0) is 4.99 Å². The summed E-state index contributed by atoms with van der Waals surface area (Å²) in [6.07, 6.45) is 2.96. The minimum absolute atomic E-state index is 0.557. The third-order valence-corrected chi connectivity index (χ3v) is 1.79. The molecule has 0 radical (unpaired) electrons. The Hall–Kier alpha value is -0.880. The molecule has 0 saturated heterocycles. The monoisotopic (exact) mass is 137 g/mol. The molecule has 0 N–H and O–H groups in total. The van der Waals surface area contributed by atoms with Gasteiger partial charge in [0, 0.05) is 19.3 Å². The Morgan fingerprint density at radius 1 is 1.60 bits per heavy atom. The zero-order chi connectivity index (χ0) is 7.56. The van der Waals surface area contributed by atoms with Gasteiger partial charge in [0.2, 0.25) is 0 Å². The number of hydrogen-bond donors (Lipinski definition) is 0. The van der Waals surface area contributed by atoms with Crippen LogP contribution in [-0.2, 0) is 0 Å². The van der Waals surface area contributed by atoms with Crippen molar-refractivity contribution >= 4 is 17.8 Å². The lowest BCUT2D eigenvalue weighted by Crippen LogP contribution is -2.09. The first-order valence-electron chi connectivity index (χ1n) is 3.61. The number of aliphatic imine (C=N–C) groups is 1. The van der Waals surface area contributed by atoms with Crippen molar-refractivity contribution < 1.29 is 0 Å². The Bertz CT molecular complexity index is 219. The lowest BCUT2D eigenvalue weighted by atomic mass is 10.0. The van der Waals surface area contributed by atoms with Crippen molar-refractivity contribution in [3.05, 3.63) is 0 Å². The third-order valence-electron chi connectivity index (χ3n) is 1.79. The van der Waals surface area contributed by atoms with Crippen LogP contribution in [0.1, 0.15) is 27.2 Å². The molecule has 2 heteroatoms. The smallest absolute Gasteiger partial charge is 0.214 e. The second kappa shape index (κ2) is 2.80. The number of hydrogen-bond acceptors (Lipinski definition) is 1. The lowest BCUT2D eigenvalue weighted by molar-refractivity contribution is 0.823. The van der Waals surface area contributed by atoms with Gasteiger partial charge in [0.1, 0.15) is 6.21 Å². The molecule has 1 unspecified atom stereocenters. The fourth-order valence-electron chi connectivity index (χ4n) is 0.908. The SMILES string of the molecule is CC1=[N+]=C(C)C(C)CC=N1. The Labute approximate surface area is 61.4 Å². The molecular weight excluding hydrogens is 124 g/mol. The highest BCUT2D eigenvalue weighted by molar-refractivity contribution is 5.96.